The lowest BCUT2D eigenvalue weighted by Crippen LogP contribution is -2.34. The van der Waals surface area contributed by atoms with Gasteiger partial charge in [0.1, 0.15) is 6.54 Å². The number of unbranched alkanes of at least 4 members (excludes halogenated alkanes) is 31. The average Bonchev–Trinajstić information content (AvgIpc) is 3.07. The second-order valence-corrected chi connectivity index (χ2v) is 15.2. The van der Waals surface area contributed by atoms with Crippen molar-refractivity contribution in [3.8, 4) is 0 Å². The predicted octanol–water partition coefficient (Wildman–Crippen LogP) is 15.4. The lowest BCUT2D eigenvalue weighted by Gasteiger charge is -2.10. The van der Waals surface area contributed by atoms with Gasteiger partial charge in [-0.25, -0.2) is 4.57 Å². The summed E-state index contributed by atoms with van der Waals surface area (Å²) in [5.41, 5.74) is 3.33. The maximum absolute atomic E-state index is 2.55. The largest absolute Gasteiger partial charge is 0.205 e. The lowest BCUT2D eigenvalue weighted by molar-refractivity contribution is -0.697. The Hall–Kier alpha value is -0.850. The van der Waals surface area contributed by atoms with Gasteiger partial charge in [-0.15, -0.1) is 0 Å². The van der Waals surface area contributed by atoms with Gasteiger partial charge in [0.25, 0.3) is 0 Å². The second kappa shape index (κ2) is 35.5. The maximum atomic E-state index is 2.55. The Bertz CT molecular complexity index is 724. The highest BCUT2D eigenvalue weighted by atomic mass is 14.9. The Morgan fingerprint density at radius 1 is 0.326 bits per heavy atom. The molecule has 0 atom stereocenters. The quantitative estimate of drug-likeness (QED) is 0.0503. The van der Waals surface area contributed by atoms with Crippen LogP contribution in [0.1, 0.15) is 250 Å². The molecule has 0 aromatic carbocycles. The Morgan fingerprint density at radius 2 is 0.609 bits per heavy atom. The van der Waals surface area contributed by atoms with Crippen LogP contribution in [-0.4, -0.2) is 0 Å². The summed E-state index contributed by atoms with van der Waals surface area (Å²) in [6, 6.07) is 2.50. The lowest BCUT2D eigenvalue weighted by atomic mass is 9.97. The molecule has 1 nitrogen and oxygen atoms in total. The molecule has 0 aliphatic heterocycles. The molecule has 0 spiro atoms. The number of nitrogens with zero attached hydrogens (tertiary/aromatic N) is 1. The smallest absolute Gasteiger partial charge is 0.172 e. The van der Waals surface area contributed by atoms with Crippen LogP contribution in [0.4, 0.5) is 0 Å². The van der Waals surface area contributed by atoms with Crippen LogP contribution in [0.5, 0.6) is 0 Å². The minimum Gasteiger partial charge on any atom is -0.205 e. The van der Waals surface area contributed by atoms with Gasteiger partial charge in [-0.05, 0) is 37.7 Å². The Balaban J connectivity index is 2.30. The minimum atomic E-state index is 1.21. The van der Waals surface area contributed by atoms with Crippen LogP contribution in [0.3, 0.4) is 0 Å². The highest BCUT2D eigenvalue weighted by molar-refractivity contribution is 5.21. The molecule has 0 unspecified atom stereocenters. The van der Waals surface area contributed by atoms with Crippen molar-refractivity contribution < 1.29 is 4.57 Å². The Kier molecular flexibility index (Phi) is 33.3. The fraction of sp³-hybridized carbons (Fsp3) is 0.889. The number of rotatable bonds is 37. The molecule has 1 heteroatoms. The molecule has 1 aromatic heterocycles. The number of hydrogen-bond acceptors (Lipinski definition) is 0. The molecule has 270 valence electrons. The average molecular weight is 641 g/mol. The van der Waals surface area contributed by atoms with Crippen molar-refractivity contribution in [3.05, 3.63) is 29.6 Å². The summed E-state index contributed by atoms with van der Waals surface area (Å²) in [6.07, 6.45) is 56.3. The van der Waals surface area contributed by atoms with E-state index in [1.54, 1.807) is 11.1 Å². The zero-order valence-corrected chi connectivity index (χ0v) is 32.3. The third kappa shape index (κ3) is 28.2. The monoisotopic (exact) mass is 641 g/mol. The van der Waals surface area contributed by atoms with E-state index in [0.29, 0.717) is 0 Å². The van der Waals surface area contributed by atoms with Gasteiger partial charge in [0.2, 0.25) is 0 Å². The van der Waals surface area contributed by atoms with Crippen LogP contribution in [0, 0.1) is 0 Å². The number of hydrogen-bond donors (Lipinski definition) is 0. The van der Waals surface area contributed by atoms with Gasteiger partial charge in [-0.1, -0.05) is 213 Å². The third-order valence-corrected chi connectivity index (χ3v) is 10.6. The fourth-order valence-electron chi connectivity index (χ4n) is 7.32. The van der Waals surface area contributed by atoms with E-state index in [9.17, 15) is 0 Å². The summed E-state index contributed by atoms with van der Waals surface area (Å²) < 4.78 is 2.53. The Morgan fingerprint density at radius 3 is 0.957 bits per heavy atom. The van der Waals surface area contributed by atoms with Gasteiger partial charge in [0.05, 0.1) is 0 Å². The van der Waals surface area contributed by atoms with Gasteiger partial charge >= 0.3 is 0 Å². The zero-order valence-electron chi connectivity index (χ0n) is 32.3. The van der Waals surface area contributed by atoms with Crippen LogP contribution < -0.4 is 4.57 Å². The molecule has 1 rings (SSSR count). The van der Waals surface area contributed by atoms with E-state index in [0.717, 1.165) is 0 Å². The number of pyridine rings is 1. The van der Waals surface area contributed by atoms with E-state index >= 15 is 0 Å². The molecule has 0 saturated carbocycles. The summed E-state index contributed by atoms with van der Waals surface area (Å²) >= 11 is 0. The summed E-state index contributed by atoms with van der Waals surface area (Å²) in [5.74, 6) is 0. The molecule has 0 N–H and O–H groups in total. The molecule has 0 amide bonds. The fourth-order valence-corrected chi connectivity index (χ4v) is 7.32. The summed E-state index contributed by atoms with van der Waals surface area (Å²) in [7, 11) is 0. The zero-order chi connectivity index (χ0) is 33.0. The molecule has 1 aromatic rings. The molecule has 0 radical (unpaired) electrons. The molecule has 0 fully saturated rings. The van der Waals surface area contributed by atoms with Crippen LogP contribution in [0.15, 0.2) is 18.5 Å². The Labute approximate surface area is 291 Å². The molecule has 46 heavy (non-hydrogen) atoms. The van der Waals surface area contributed by atoms with Crippen LogP contribution in [0.2, 0.25) is 0 Å². The van der Waals surface area contributed by atoms with E-state index < -0.39 is 0 Å². The first-order valence-electron chi connectivity index (χ1n) is 21.8. The van der Waals surface area contributed by atoms with E-state index in [1.807, 2.05) is 0 Å². The van der Waals surface area contributed by atoms with Crippen LogP contribution in [0.25, 0.3) is 0 Å². The van der Waals surface area contributed by atoms with E-state index in [4.69, 9.17) is 0 Å². The van der Waals surface area contributed by atoms with E-state index in [-0.39, 0.29) is 0 Å². The van der Waals surface area contributed by atoms with Crippen molar-refractivity contribution in [1.29, 1.82) is 0 Å². The number of aromatic nitrogens is 1. The maximum Gasteiger partial charge on any atom is 0.172 e. The first kappa shape index (κ1) is 43.2. The standard InChI is InChI=1S/C45H86N/c1-4-7-10-13-16-19-21-23-25-27-29-32-35-38-44-40-42-46(41-37-34-31-18-15-12-9-6-3)43-45(44)39-36-33-30-28-26-24-22-20-17-14-11-8-5-2/h40,42-43H,4-39,41H2,1-3H3/q+1. The molecular weight excluding hydrogens is 555 g/mol. The minimum absolute atomic E-state index is 1.21. The van der Waals surface area contributed by atoms with Crippen LogP contribution in [-0.2, 0) is 19.4 Å². The molecule has 0 saturated heterocycles. The normalized spacial score (nSPS) is 11.5. The summed E-state index contributed by atoms with van der Waals surface area (Å²) in [5, 5.41) is 0. The predicted molar refractivity (Wildman–Crippen MR) is 208 cm³/mol. The van der Waals surface area contributed by atoms with Gasteiger partial charge in [-0.3, -0.25) is 0 Å². The molecule has 0 bridgehead atoms. The summed E-state index contributed by atoms with van der Waals surface area (Å²) in [4.78, 5) is 0. The number of aryl methyl sites for hydroxylation is 3. The first-order chi connectivity index (χ1) is 22.8. The van der Waals surface area contributed by atoms with Crippen molar-refractivity contribution in [3.63, 3.8) is 0 Å². The van der Waals surface area contributed by atoms with Crippen molar-refractivity contribution in [2.45, 2.75) is 258 Å². The highest BCUT2D eigenvalue weighted by Crippen LogP contribution is 2.18. The van der Waals surface area contributed by atoms with Crippen LogP contribution >= 0.6 is 0 Å². The second-order valence-electron chi connectivity index (χ2n) is 15.2. The van der Waals surface area contributed by atoms with E-state index in [1.165, 1.54) is 238 Å². The van der Waals surface area contributed by atoms with Crippen molar-refractivity contribution in [2.75, 3.05) is 0 Å². The van der Waals surface area contributed by atoms with Gasteiger partial charge in [0, 0.05) is 18.1 Å². The van der Waals surface area contributed by atoms with E-state index in [2.05, 4.69) is 43.8 Å². The summed E-state index contributed by atoms with van der Waals surface area (Å²) in [6.45, 7) is 8.15. The van der Waals surface area contributed by atoms with Gasteiger partial charge < -0.3 is 0 Å². The topological polar surface area (TPSA) is 3.88 Å². The molecule has 1 heterocycles. The molecular formula is C45H86N+. The SMILES string of the molecule is CCCCCCCCCCCCCCCc1cc[n+](CCCCCCCCCC)cc1CCCCCCCCCCCCCCC. The molecule has 0 aliphatic carbocycles. The van der Waals surface area contributed by atoms with Crippen molar-refractivity contribution >= 4 is 0 Å². The van der Waals surface area contributed by atoms with Gasteiger partial charge in [-0.2, -0.15) is 0 Å². The first-order valence-corrected chi connectivity index (χ1v) is 21.8. The van der Waals surface area contributed by atoms with Crippen molar-refractivity contribution in [2.24, 2.45) is 0 Å². The molecule has 0 aliphatic rings. The van der Waals surface area contributed by atoms with Crippen molar-refractivity contribution in [1.82, 2.24) is 0 Å². The highest BCUT2D eigenvalue weighted by Gasteiger charge is 2.10. The van der Waals surface area contributed by atoms with Gasteiger partial charge in [0.15, 0.2) is 12.4 Å². The third-order valence-electron chi connectivity index (χ3n) is 10.6.